The zero-order chi connectivity index (χ0) is 10.1. The first-order chi connectivity index (χ1) is 6.68. The zero-order valence-electron chi connectivity index (χ0n) is 8.79. The minimum absolute atomic E-state index is 0.290. The van der Waals surface area contributed by atoms with Crippen molar-refractivity contribution in [2.24, 2.45) is 21.8 Å². The minimum atomic E-state index is -0.290. The summed E-state index contributed by atoms with van der Waals surface area (Å²) < 4.78 is 0. The third kappa shape index (κ3) is 1.63. The first kappa shape index (κ1) is 9.56. The van der Waals surface area contributed by atoms with Gasteiger partial charge in [0.2, 0.25) is 0 Å². The standard InChI is InChI=1S/C11H16N2O/c1-7(2)10-8-5-3-4-6-9(8)12-11(14)13-10/h7-8H,3-6H2,1-2H3. The molecule has 2 aliphatic rings. The number of amides is 2. The predicted octanol–water partition coefficient (Wildman–Crippen LogP) is 2.85. The molecule has 14 heavy (non-hydrogen) atoms. The maximum Gasteiger partial charge on any atom is 0.366 e. The molecule has 0 bridgehead atoms. The lowest BCUT2D eigenvalue weighted by molar-refractivity contribution is 0.256. The second-order valence-corrected chi connectivity index (χ2v) is 4.38. The van der Waals surface area contributed by atoms with E-state index in [2.05, 4.69) is 23.8 Å². The molecular weight excluding hydrogens is 176 g/mol. The molecular formula is C11H16N2O. The molecule has 0 saturated heterocycles. The molecule has 3 nitrogen and oxygen atoms in total. The van der Waals surface area contributed by atoms with Crippen molar-refractivity contribution < 1.29 is 4.79 Å². The van der Waals surface area contributed by atoms with Crippen molar-refractivity contribution in [1.82, 2.24) is 0 Å². The molecule has 0 radical (unpaired) electrons. The van der Waals surface area contributed by atoms with E-state index in [0.717, 1.165) is 24.3 Å². The Balaban J connectivity index is 2.29. The molecule has 0 spiro atoms. The van der Waals surface area contributed by atoms with Crippen LogP contribution in [0.15, 0.2) is 9.98 Å². The number of aliphatic imine (C=N–C) groups is 2. The molecule has 2 rings (SSSR count). The highest BCUT2D eigenvalue weighted by Crippen LogP contribution is 2.28. The third-order valence-electron chi connectivity index (χ3n) is 2.99. The van der Waals surface area contributed by atoms with E-state index in [1.807, 2.05) is 0 Å². The van der Waals surface area contributed by atoms with Crippen LogP contribution in [0.4, 0.5) is 4.79 Å². The number of hydrogen-bond acceptors (Lipinski definition) is 1. The van der Waals surface area contributed by atoms with E-state index in [1.54, 1.807) is 0 Å². The second kappa shape index (κ2) is 3.64. The monoisotopic (exact) mass is 192 g/mol. The molecule has 1 aliphatic carbocycles. The van der Waals surface area contributed by atoms with Gasteiger partial charge in [-0.1, -0.05) is 20.3 Å². The molecule has 3 heteroatoms. The van der Waals surface area contributed by atoms with Gasteiger partial charge in [-0.15, -0.1) is 0 Å². The van der Waals surface area contributed by atoms with Crippen LogP contribution >= 0.6 is 0 Å². The van der Waals surface area contributed by atoms with E-state index >= 15 is 0 Å². The molecule has 0 aromatic heterocycles. The zero-order valence-corrected chi connectivity index (χ0v) is 8.79. The van der Waals surface area contributed by atoms with Gasteiger partial charge in [0.05, 0.1) is 0 Å². The SMILES string of the molecule is CC(C)C1=NC(=O)N=C2CCCCC21. The van der Waals surface area contributed by atoms with Gasteiger partial charge in [0, 0.05) is 17.3 Å². The van der Waals surface area contributed by atoms with Crippen LogP contribution in [0.2, 0.25) is 0 Å². The number of urea groups is 1. The van der Waals surface area contributed by atoms with Crippen LogP contribution in [-0.2, 0) is 0 Å². The summed E-state index contributed by atoms with van der Waals surface area (Å²) >= 11 is 0. The van der Waals surface area contributed by atoms with E-state index in [1.165, 1.54) is 12.8 Å². The number of carbonyl (C=O) groups is 1. The predicted molar refractivity (Wildman–Crippen MR) is 57.1 cm³/mol. The highest BCUT2D eigenvalue weighted by molar-refractivity contribution is 6.17. The largest absolute Gasteiger partial charge is 0.366 e. The Hall–Kier alpha value is -0.990. The molecule has 1 saturated carbocycles. The lowest BCUT2D eigenvalue weighted by Crippen LogP contribution is -2.34. The lowest BCUT2D eigenvalue weighted by atomic mass is 9.79. The summed E-state index contributed by atoms with van der Waals surface area (Å²) in [5.74, 6) is 0.744. The smallest absolute Gasteiger partial charge is 0.244 e. The lowest BCUT2D eigenvalue weighted by Gasteiger charge is -2.29. The van der Waals surface area contributed by atoms with Crippen molar-refractivity contribution in [2.75, 3.05) is 0 Å². The molecule has 0 N–H and O–H groups in total. The van der Waals surface area contributed by atoms with E-state index in [9.17, 15) is 4.79 Å². The van der Waals surface area contributed by atoms with Gasteiger partial charge in [-0.2, -0.15) is 0 Å². The topological polar surface area (TPSA) is 41.8 Å². The van der Waals surface area contributed by atoms with Gasteiger partial charge >= 0.3 is 6.03 Å². The molecule has 1 heterocycles. The maximum absolute atomic E-state index is 11.3. The molecule has 0 aromatic rings. The summed E-state index contributed by atoms with van der Waals surface area (Å²) in [6.07, 6.45) is 4.53. The van der Waals surface area contributed by atoms with Gasteiger partial charge in [-0.3, -0.25) is 0 Å². The van der Waals surface area contributed by atoms with Crippen LogP contribution in [0.5, 0.6) is 0 Å². The van der Waals surface area contributed by atoms with Crippen molar-refractivity contribution in [3.05, 3.63) is 0 Å². The first-order valence-corrected chi connectivity index (χ1v) is 5.38. The van der Waals surface area contributed by atoms with E-state index < -0.39 is 0 Å². The normalized spacial score (nSPS) is 27.1. The van der Waals surface area contributed by atoms with Gasteiger partial charge < -0.3 is 0 Å². The Morgan fingerprint density at radius 2 is 2.07 bits per heavy atom. The average Bonchev–Trinajstić information content (AvgIpc) is 2.16. The van der Waals surface area contributed by atoms with Crippen LogP contribution < -0.4 is 0 Å². The minimum Gasteiger partial charge on any atom is -0.244 e. The molecule has 1 fully saturated rings. The van der Waals surface area contributed by atoms with Crippen LogP contribution in [0.25, 0.3) is 0 Å². The summed E-state index contributed by atoms with van der Waals surface area (Å²) in [5, 5.41) is 0. The van der Waals surface area contributed by atoms with Crippen LogP contribution in [0.3, 0.4) is 0 Å². The van der Waals surface area contributed by atoms with E-state index in [4.69, 9.17) is 0 Å². The molecule has 76 valence electrons. The van der Waals surface area contributed by atoms with Crippen LogP contribution in [-0.4, -0.2) is 17.5 Å². The number of carbonyl (C=O) groups excluding carboxylic acids is 1. The fourth-order valence-electron chi connectivity index (χ4n) is 2.32. The number of fused-ring (bicyclic) bond motifs is 1. The Bertz CT molecular complexity index is 315. The number of hydrogen-bond donors (Lipinski definition) is 0. The summed E-state index contributed by atoms with van der Waals surface area (Å²) in [6, 6.07) is -0.290. The highest BCUT2D eigenvalue weighted by Gasteiger charge is 2.30. The summed E-state index contributed by atoms with van der Waals surface area (Å²) in [7, 11) is 0. The fourth-order valence-corrected chi connectivity index (χ4v) is 2.32. The van der Waals surface area contributed by atoms with Crippen molar-refractivity contribution in [1.29, 1.82) is 0 Å². The van der Waals surface area contributed by atoms with Gasteiger partial charge in [-0.05, 0) is 25.2 Å². The second-order valence-electron chi connectivity index (χ2n) is 4.38. The van der Waals surface area contributed by atoms with Crippen LogP contribution in [0.1, 0.15) is 39.5 Å². The van der Waals surface area contributed by atoms with Crippen molar-refractivity contribution in [2.45, 2.75) is 39.5 Å². The van der Waals surface area contributed by atoms with Crippen LogP contribution in [0, 0.1) is 11.8 Å². The molecule has 1 atom stereocenters. The molecule has 0 aromatic carbocycles. The molecule has 1 aliphatic heterocycles. The van der Waals surface area contributed by atoms with Gasteiger partial charge in [-0.25, -0.2) is 14.8 Å². The van der Waals surface area contributed by atoms with E-state index in [-0.39, 0.29) is 6.03 Å². The van der Waals surface area contributed by atoms with Crippen molar-refractivity contribution in [3.63, 3.8) is 0 Å². The van der Waals surface area contributed by atoms with E-state index in [0.29, 0.717) is 11.8 Å². The highest BCUT2D eigenvalue weighted by atomic mass is 16.2. The summed E-state index contributed by atoms with van der Waals surface area (Å²) in [5.41, 5.74) is 2.14. The summed E-state index contributed by atoms with van der Waals surface area (Å²) in [6.45, 7) is 4.20. The van der Waals surface area contributed by atoms with Crippen molar-refractivity contribution >= 4 is 17.5 Å². The van der Waals surface area contributed by atoms with Gasteiger partial charge in [0.25, 0.3) is 0 Å². The molecule has 2 amide bonds. The molecule has 1 unspecified atom stereocenters. The number of rotatable bonds is 1. The number of nitrogens with zero attached hydrogens (tertiary/aromatic N) is 2. The first-order valence-electron chi connectivity index (χ1n) is 5.38. The Morgan fingerprint density at radius 3 is 2.79 bits per heavy atom. The quantitative estimate of drug-likeness (QED) is 0.629. The third-order valence-corrected chi connectivity index (χ3v) is 2.99. The maximum atomic E-state index is 11.3. The Kier molecular flexibility index (Phi) is 2.48. The Morgan fingerprint density at radius 1 is 1.29 bits per heavy atom. The fraction of sp³-hybridized carbons (Fsp3) is 0.727. The Labute approximate surface area is 84.3 Å². The van der Waals surface area contributed by atoms with Gasteiger partial charge in [0.15, 0.2) is 0 Å². The average molecular weight is 192 g/mol. The van der Waals surface area contributed by atoms with Crippen molar-refractivity contribution in [3.8, 4) is 0 Å². The summed E-state index contributed by atoms with van der Waals surface area (Å²) in [4.78, 5) is 19.3. The van der Waals surface area contributed by atoms with Gasteiger partial charge in [0.1, 0.15) is 0 Å².